The van der Waals surface area contributed by atoms with E-state index in [0.717, 1.165) is 12.8 Å². The number of nitrogens with zero attached hydrogens (tertiary/aromatic N) is 1. The second kappa shape index (κ2) is 8.47. The van der Waals surface area contributed by atoms with Crippen molar-refractivity contribution < 1.29 is 4.74 Å². The van der Waals surface area contributed by atoms with Crippen LogP contribution in [0.2, 0.25) is 0 Å². The van der Waals surface area contributed by atoms with Gasteiger partial charge in [0.1, 0.15) is 11.2 Å². The number of rotatable bonds is 4. The molecule has 1 atom stereocenters. The molecule has 0 radical (unpaired) electrons. The van der Waals surface area contributed by atoms with Crippen molar-refractivity contribution in [3.8, 4) is 0 Å². The van der Waals surface area contributed by atoms with Crippen LogP contribution in [-0.2, 0) is 23.0 Å². The maximum absolute atomic E-state index is 7.64. The minimum absolute atomic E-state index is 0.550. The van der Waals surface area contributed by atoms with E-state index >= 15 is 0 Å². The lowest BCUT2D eigenvalue weighted by atomic mass is 9.80. The molecule has 37 heavy (non-hydrogen) atoms. The normalized spacial score (nSPS) is 18.9. The Hall–Kier alpha value is -4.14. The van der Waals surface area contributed by atoms with Crippen molar-refractivity contribution in [2.75, 3.05) is 0 Å². The minimum atomic E-state index is -0.601. The first-order valence-corrected chi connectivity index (χ1v) is 13.0. The van der Waals surface area contributed by atoms with E-state index in [9.17, 15) is 0 Å². The van der Waals surface area contributed by atoms with E-state index in [4.69, 9.17) is 4.74 Å². The van der Waals surface area contributed by atoms with Gasteiger partial charge in [-0.2, -0.15) is 0 Å². The average molecular weight is 480 g/mol. The fraction of sp³-hybridized carbons (Fsp3) is 0.143. The van der Waals surface area contributed by atoms with E-state index in [0.29, 0.717) is 0 Å². The van der Waals surface area contributed by atoms with Crippen molar-refractivity contribution in [3.05, 3.63) is 156 Å². The van der Waals surface area contributed by atoms with Crippen LogP contribution in [0, 0.1) is 0 Å². The van der Waals surface area contributed by atoms with Crippen LogP contribution < -0.4 is 0 Å². The lowest BCUT2D eigenvalue weighted by Crippen LogP contribution is -2.34. The van der Waals surface area contributed by atoms with Crippen LogP contribution in [0.1, 0.15) is 35.1 Å². The van der Waals surface area contributed by atoms with Crippen molar-refractivity contribution in [3.63, 3.8) is 0 Å². The standard InChI is InChI=1S/C35H29NO/c1-36-25-32(31-18-10-11-19-33(31)36)35(30-21-20-26-12-8-9-13-27(26)24-30)23-22-34(37-35,28-14-4-2-5-15-28)29-16-6-3-7-17-29/h2-21,24-25H,22-23H2,1H3. The summed E-state index contributed by atoms with van der Waals surface area (Å²) in [6, 6.07) is 45.6. The first-order chi connectivity index (χ1) is 18.2. The zero-order valence-corrected chi connectivity index (χ0v) is 21.0. The SMILES string of the molecule is Cn1cc(C2(c3ccc4ccccc4c3)CCC(c3ccccc3)(c3ccccc3)O2)c2ccccc21. The van der Waals surface area contributed by atoms with Gasteiger partial charge in [-0.15, -0.1) is 0 Å². The zero-order chi connectivity index (χ0) is 24.9. The minimum Gasteiger partial charge on any atom is -0.350 e. The Morgan fingerprint density at radius 2 is 1.16 bits per heavy atom. The van der Waals surface area contributed by atoms with Crippen molar-refractivity contribution >= 4 is 21.7 Å². The quantitative estimate of drug-likeness (QED) is 0.248. The molecule has 6 aromatic rings. The average Bonchev–Trinajstić information content (AvgIpc) is 3.54. The summed E-state index contributed by atoms with van der Waals surface area (Å²) in [6.07, 6.45) is 4.05. The number of hydrogen-bond donors (Lipinski definition) is 0. The van der Waals surface area contributed by atoms with Crippen molar-refractivity contribution in [2.24, 2.45) is 7.05 Å². The molecule has 5 aromatic carbocycles. The molecule has 180 valence electrons. The Labute approximate surface area is 217 Å². The maximum atomic E-state index is 7.64. The molecule has 0 N–H and O–H groups in total. The van der Waals surface area contributed by atoms with E-state index < -0.39 is 11.2 Å². The van der Waals surface area contributed by atoms with Gasteiger partial charge in [-0.25, -0.2) is 0 Å². The van der Waals surface area contributed by atoms with Gasteiger partial charge in [0.25, 0.3) is 0 Å². The van der Waals surface area contributed by atoms with E-state index in [1.807, 2.05) is 0 Å². The summed E-state index contributed by atoms with van der Waals surface area (Å²) in [4.78, 5) is 0. The van der Waals surface area contributed by atoms with Gasteiger partial charge in [0.05, 0.1) is 0 Å². The zero-order valence-electron chi connectivity index (χ0n) is 21.0. The molecule has 2 heterocycles. The Kier molecular flexibility index (Phi) is 5.05. The fourth-order valence-electron chi connectivity index (χ4n) is 6.39. The van der Waals surface area contributed by atoms with Gasteiger partial charge in [-0.1, -0.05) is 115 Å². The van der Waals surface area contributed by atoms with Crippen LogP contribution in [0.3, 0.4) is 0 Å². The smallest absolute Gasteiger partial charge is 0.122 e. The third kappa shape index (κ3) is 3.37. The molecule has 1 fully saturated rings. The summed E-state index contributed by atoms with van der Waals surface area (Å²) >= 11 is 0. The van der Waals surface area contributed by atoms with Gasteiger partial charge in [-0.05, 0) is 52.4 Å². The van der Waals surface area contributed by atoms with Crippen LogP contribution in [0.4, 0.5) is 0 Å². The van der Waals surface area contributed by atoms with Gasteiger partial charge in [-0.3, -0.25) is 0 Å². The Morgan fingerprint density at radius 3 is 1.89 bits per heavy atom. The number of benzene rings is 5. The second-order valence-corrected chi connectivity index (χ2v) is 10.2. The summed E-state index contributed by atoms with van der Waals surface area (Å²) in [7, 11) is 2.14. The van der Waals surface area contributed by atoms with E-state index in [-0.39, 0.29) is 0 Å². The molecule has 2 heteroatoms. The van der Waals surface area contributed by atoms with Crippen molar-refractivity contribution in [1.29, 1.82) is 0 Å². The lowest BCUT2D eigenvalue weighted by molar-refractivity contribution is -0.0674. The first kappa shape index (κ1) is 22.1. The second-order valence-electron chi connectivity index (χ2n) is 10.2. The number of aromatic nitrogens is 1. The van der Waals surface area contributed by atoms with Crippen LogP contribution in [0.15, 0.2) is 134 Å². The van der Waals surface area contributed by atoms with E-state index in [1.54, 1.807) is 0 Å². The van der Waals surface area contributed by atoms with Gasteiger partial charge < -0.3 is 9.30 Å². The van der Waals surface area contributed by atoms with Gasteiger partial charge in [0.2, 0.25) is 0 Å². The third-order valence-corrected chi connectivity index (χ3v) is 8.21. The molecule has 1 aromatic heterocycles. The summed E-state index contributed by atoms with van der Waals surface area (Å²) < 4.78 is 9.88. The molecular formula is C35H29NO. The number of para-hydroxylation sites is 1. The molecule has 2 nitrogen and oxygen atoms in total. The molecular weight excluding hydrogens is 450 g/mol. The van der Waals surface area contributed by atoms with E-state index in [2.05, 4.69) is 145 Å². The Bertz CT molecular complexity index is 1680. The number of aryl methyl sites for hydroxylation is 1. The summed E-state index contributed by atoms with van der Waals surface area (Å²) in [5, 5.41) is 3.73. The molecule has 1 saturated heterocycles. The van der Waals surface area contributed by atoms with Crippen LogP contribution in [0.5, 0.6) is 0 Å². The maximum Gasteiger partial charge on any atom is 0.122 e. The Balaban J connectivity index is 1.52. The van der Waals surface area contributed by atoms with Crippen LogP contribution in [-0.4, -0.2) is 4.57 Å². The monoisotopic (exact) mass is 479 g/mol. The molecule has 0 aliphatic carbocycles. The molecule has 1 aliphatic rings. The van der Waals surface area contributed by atoms with Crippen LogP contribution in [0.25, 0.3) is 21.7 Å². The summed E-state index contributed by atoms with van der Waals surface area (Å²) in [6.45, 7) is 0. The highest BCUT2D eigenvalue weighted by molar-refractivity contribution is 5.87. The molecule has 0 amide bonds. The lowest BCUT2D eigenvalue weighted by Gasteiger charge is -2.37. The highest BCUT2D eigenvalue weighted by Gasteiger charge is 2.53. The van der Waals surface area contributed by atoms with Gasteiger partial charge in [0, 0.05) is 29.7 Å². The summed E-state index contributed by atoms with van der Waals surface area (Å²) in [5.74, 6) is 0. The topological polar surface area (TPSA) is 14.2 Å². The van der Waals surface area contributed by atoms with Crippen LogP contribution >= 0.6 is 0 Å². The molecule has 0 bridgehead atoms. The van der Waals surface area contributed by atoms with E-state index in [1.165, 1.54) is 43.9 Å². The highest BCUT2D eigenvalue weighted by Crippen LogP contribution is 2.57. The summed E-state index contributed by atoms with van der Waals surface area (Å²) in [5.41, 5.74) is 4.90. The predicted octanol–water partition coefficient (Wildman–Crippen LogP) is 8.33. The molecule has 0 spiro atoms. The van der Waals surface area contributed by atoms with Gasteiger partial charge >= 0.3 is 0 Å². The number of ether oxygens (including phenoxy) is 1. The predicted molar refractivity (Wildman–Crippen MR) is 152 cm³/mol. The fourth-order valence-corrected chi connectivity index (χ4v) is 6.39. The number of fused-ring (bicyclic) bond motifs is 2. The van der Waals surface area contributed by atoms with Crippen molar-refractivity contribution in [2.45, 2.75) is 24.0 Å². The third-order valence-electron chi connectivity index (χ3n) is 8.21. The molecule has 1 unspecified atom stereocenters. The highest BCUT2D eigenvalue weighted by atomic mass is 16.5. The van der Waals surface area contributed by atoms with Crippen molar-refractivity contribution in [1.82, 2.24) is 4.57 Å². The molecule has 7 rings (SSSR count). The molecule has 0 saturated carbocycles. The first-order valence-electron chi connectivity index (χ1n) is 13.0. The largest absolute Gasteiger partial charge is 0.350 e. The van der Waals surface area contributed by atoms with Gasteiger partial charge in [0.15, 0.2) is 0 Å². The number of hydrogen-bond acceptors (Lipinski definition) is 1. The molecule has 1 aliphatic heterocycles. The Morgan fingerprint density at radius 1 is 0.568 bits per heavy atom.